The fourth-order valence-corrected chi connectivity index (χ4v) is 1.03. The van der Waals surface area contributed by atoms with E-state index in [2.05, 4.69) is 18.4 Å². The lowest BCUT2D eigenvalue weighted by Gasteiger charge is -2.05. The van der Waals surface area contributed by atoms with Crippen LogP contribution in [0.25, 0.3) is 0 Å². The average molecular weight is 196 g/mol. The summed E-state index contributed by atoms with van der Waals surface area (Å²) in [5.74, 6) is 6.12. The maximum absolute atomic E-state index is 8.55. The van der Waals surface area contributed by atoms with Gasteiger partial charge in [0.25, 0.3) is 0 Å². The van der Waals surface area contributed by atoms with E-state index in [0.29, 0.717) is 0 Å². The van der Waals surface area contributed by atoms with Crippen LogP contribution in [0, 0.1) is 11.8 Å². The summed E-state index contributed by atoms with van der Waals surface area (Å²) in [4.78, 5) is 0. The topological polar surface area (TPSA) is 29.5 Å². The van der Waals surface area contributed by atoms with Gasteiger partial charge in [-0.2, -0.15) is 0 Å². The summed E-state index contributed by atoms with van der Waals surface area (Å²) in [6, 6.07) is 0. The number of rotatable bonds is 7. The molecule has 0 aliphatic rings. The summed E-state index contributed by atoms with van der Waals surface area (Å²) in [6.07, 6.45) is 6.38. The lowest BCUT2D eigenvalue weighted by atomic mass is 10.2. The third-order valence-electron chi connectivity index (χ3n) is 1.89. The summed E-state index contributed by atoms with van der Waals surface area (Å²) >= 11 is 0. The molecule has 0 aliphatic carbocycles. The van der Waals surface area contributed by atoms with Crippen LogP contribution in [0.1, 0.15) is 32.1 Å². The molecule has 0 saturated heterocycles. The van der Waals surface area contributed by atoms with Crippen LogP contribution in [0.15, 0.2) is 12.7 Å². The molecule has 0 rings (SSSR count). The van der Waals surface area contributed by atoms with Crippen molar-refractivity contribution in [2.24, 2.45) is 0 Å². The molecule has 2 heteroatoms. The molecule has 1 unspecified atom stereocenters. The molecule has 2 nitrogen and oxygen atoms in total. The first-order valence-electron chi connectivity index (χ1n) is 5.08. The van der Waals surface area contributed by atoms with Crippen molar-refractivity contribution in [1.29, 1.82) is 0 Å². The van der Waals surface area contributed by atoms with Crippen LogP contribution in [0.4, 0.5) is 0 Å². The molecule has 0 aliphatic heterocycles. The minimum atomic E-state index is 0.0297. The molecule has 0 spiro atoms. The highest BCUT2D eigenvalue weighted by atomic mass is 16.5. The predicted octanol–water partition coefficient (Wildman–Crippen LogP) is 2.13. The molecule has 0 aromatic carbocycles. The molecule has 0 saturated carbocycles. The van der Waals surface area contributed by atoms with E-state index in [9.17, 15) is 0 Å². The first-order chi connectivity index (χ1) is 6.85. The SMILES string of the molecule is C=CCCC(C#CCCCCO)OC. The minimum absolute atomic E-state index is 0.0297. The number of hydrogen-bond donors (Lipinski definition) is 1. The zero-order valence-corrected chi connectivity index (χ0v) is 8.96. The van der Waals surface area contributed by atoms with Crippen molar-refractivity contribution in [2.75, 3.05) is 13.7 Å². The van der Waals surface area contributed by atoms with E-state index in [-0.39, 0.29) is 12.7 Å². The van der Waals surface area contributed by atoms with E-state index in [1.54, 1.807) is 7.11 Å². The molecule has 80 valence electrons. The van der Waals surface area contributed by atoms with E-state index in [0.717, 1.165) is 32.1 Å². The van der Waals surface area contributed by atoms with Gasteiger partial charge in [-0.25, -0.2) is 0 Å². The van der Waals surface area contributed by atoms with E-state index >= 15 is 0 Å². The van der Waals surface area contributed by atoms with Gasteiger partial charge in [0.15, 0.2) is 0 Å². The van der Waals surface area contributed by atoms with Crippen LogP contribution in [0.5, 0.6) is 0 Å². The van der Waals surface area contributed by atoms with Gasteiger partial charge in [0.05, 0.1) is 0 Å². The Hall–Kier alpha value is -0.780. The van der Waals surface area contributed by atoms with Crippen LogP contribution >= 0.6 is 0 Å². The molecule has 14 heavy (non-hydrogen) atoms. The van der Waals surface area contributed by atoms with Gasteiger partial charge < -0.3 is 9.84 Å². The number of hydrogen-bond acceptors (Lipinski definition) is 2. The normalized spacial score (nSPS) is 11.6. The third kappa shape index (κ3) is 7.85. The Bertz CT molecular complexity index is 188. The number of aliphatic hydroxyl groups excluding tert-OH is 1. The Morgan fingerprint density at radius 3 is 2.86 bits per heavy atom. The zero-order chi connectivity index (χ0) is 10.6. The number of unbranched alkanes of at least 4 members (excludes halogenated alkanes) is 2. The molecule has 0 radical (unpaired) electrons. The fourth-order valence-electron chi connectivity index (χ4n) is 1.03. The number of allylic oxidation sites excluding steroid dienone is 1. The van der Waals surface area contributed by atoms with Crippen LogP contribution in [-0.2, 0) is 4.74 Å². The van der Waals surface area contributed by atoms with Crippen molar-refractivity contribution in [3.8, 4) is 11.8 Å². The largest absolute Gasteiger partial charge is 0.396 e. The molecule has 1 N–H and O–H groups in total. The smallest absolute Gasteiger partial charge is 0.118 e. The number of aliphatic hydroxyl groups is 1. The number of ether oxygens (including phenoxy) is 1. The van der Waals surface area contributed by atoms with Gasteiger partial charge in [0, 0.05) is 20.1 Å². The Kier molecular flexibility index (Phi) is 9.73. The van der Waals surface area contributed by atoms with Crippen molar-refractivity contribution in [2.45, 2.75) is 38.2 Å². The third-order valence-corrected chi connectivity index (χ3v) is 1.89. The summed E-state index contributed by atoms with van der Waals surface area (Å²) in [5, 5.41) is 8.55. The lowest BCUT2D eigenvalue weighted by Crippen LogP contribution is -2.06. The Morgan fingerprint density at radius 1 is 1.50 bits per heavy atom. The Labute approximate surface area is 87.0 Å². The molecule has 1 atom stereocenters. The predicted molar refractivity (Wildman–Crippen MR) is 58.9 cm³/mol. The highest BCUT2D eigenvalue weighted by molar-refractivity contribution is 5.05. The standard InChI is InChI=1S/C12H20O2/c1-3-4-9-12(14-2)10-7-5-6-8-11-13/h3,12-13H,1,4-6,8-9,11H2,2H3. The highest BCUT2D eigenvalue weighted by Gasteiger charge is 1.99. The second-order valence-electron chi connectivity index (χ2n) is 3.09. The van der Waals surface area contributed by atoms with Crippen molar-refractivity contribution < 1.29 is 9.84 Å². The maximum Gasteiger partial charge on any atom is 0.118 e. The monoisotopic (exact) mass is 196 g/mol. The van der Waals surface area contributed by atoms with Crippen LogP contribution in [0.3, 0.4) is 0 Å². The Morgan fingerprint density at radius 2 is 2.29 bits per heavy atom. The van der Waals surface area contributed by atoms with Gasteiger partial charge >= 0.3 is 0 Å². The molecular formula is C12H20O2. The first-order valence-corrected chi connectivity index (χ1v) is 5.08. The second kappa shape index (κ2) is 10.3. The van der Waals surface area contributed by atoms with Gasteiger partial charge in [-0.05, 0) is 25.7 Å². The summed E-state index contributed by atoms with van der Waals surface area (Å²) < 4.78 is 5.19. The van der Waals surface area contributed by atoms with Gasteiger partial charge in [-0.3, -0.25) is 0 Å². The van der Waals surface area contributed by atoms with Crippen molar-refractivity contribution >= 4 is 0 Å². The fraction of sp³-hybridized carbons (Fsp3) is 0.667. The van der Waals surface area contributed by atoms with Crippen molar-refractivity contribution in [3.05, 3.63) is 12.7 Å². The van der Waals surface area contributed by atoms with Crippen LogP contribution in [0.2, 0.25) is 0 Å². The number of methoxy groups -OCH3 is 1. The quantitative estimate of drug-likeness (QED) is 0.384. The summed E-state index contributed by atoms with van der Waals surface area (Å²) in [5.41, 5.74) is 0. The van der Waals surface area contributed by atoms with Gasteiger partial charge in [0.1, 0.15) is 6.10 Å². The van der Waals surface area contributed by atoms with Crippen LogP contribution in [-0.4, -0.2) is 24.9 Å². The molecule has 0 bridgehead atoms. The van der Waals surface area contributed by atoms with E-state index in [1.165, 1.54) is 0 Å². The first kappa shape index (κ1) is 13.2. The van der Waals surface area contributed by atoms with Gasteiger partial charge in [-0.15, -0.1) is 12.5 Å². The molecular weight excluding hydrogens is 176 g/mol. The summed E-state index contributed by atoms with van der Waals surface area (Å²) in [7, 11) is 1.68. The van der Waals surface area contributed by atoms with Crippen LogP contribution < -0.4 is 0 Å². The molecule has 0 aromatic rings. The molecule has 0 amide bonds. The maximum atomic E-state index is 8.55. The zero-order valence-electron chi connectivity index (χ0n) is 8.96. The second-order valence-corrected chi connectivity index (χ2v) is 3.09. The molecule has 0 aromatic heterocycles. The van der Waals surface area contributed by atoms with Crippen molar-refractivity contribution in [3.63, 3.8) is 0 Å². The van der Waals surface area contributed by atoms with E-state index in [4.69, 9.17) is 9.84 Å². The minimum Gasteiger partial charge on any atom is -0.396 e. The Balaban J connectivity index is 3.61. The molecule has 0 fully saturated rings. The van der Waals surface area contributed by atoms with Gasteiger partial charge in [0.2, 0.25) is 0 Å². The van der Waals surface area contributed by atoms with Crippen molar-refractivity contribution in [1.82, 2.24) is 0 Å². The highest BCUT2D eigenvalue weighted by Crippen LogP contribution is 2.01. The average Bonchev–Trinajstić information content (AvgIpc) is 2.22. The molecule has 0 heterocycles. The van der Waals surface area contributed by atoms with Gasteiger partial charge in [-0.1, -0.05) is 12.0 Å². The van der Waals surface area contributed by atoms with E-state index in [1.807, 2.05) is 6.08 Å². The summed E-state index contributed by atoms with van der Waals surface area (Å²) in [6.45, 7) is 3.91. The van der Waals surface area contributed by atoms with E-state index < -0.39 is 0 Å². The lowest BCUT2D eigenvalue weighted by molar-refractivity contribution is 0.142.